The monoisotopic (exact) mass is 189 g/mol. The molecular weight excluding hydrogens is 166 g/mol. The zero-order valence-electron chi connectivity index (χ0n) is 8.94. The average Bonchev–Trinajstić information content (AvgIpc) is 2.01. The first kappa shape index (κ1) is 11.4. The molecule has 0 unspecified atom stereocenters. The van der Waals surface area contributed by atoms with Gasteiger partial charge in [0.05, 0.1) is 8.96 Å². The minimum Gasteiger partial charge on any atom is -0.351 e. The predicted molar refractivity (Wildman–Crippen MR) is 59.2 cm³/mol. The molecule has 0 aliphatic rings. The summed E-state index contributed by atoms with van der Waals surface area (Å²) in [5.74, 6) is 0. The Bertz CT molecular complexity index is 111. The highest BCUT2D eigenvalue weighted by molar-refractivity contribution is 6.84. The van der Waals surface area contributed by atoms with Gasteiger partial charge in [0.25, 0.3) is 0 Å². The van der Waals surface area contributed by atoms with Crippen LogP contribution in [0.5, 0.6) is 0 Å². The smallest absolute Gasteiger partial charge is 0.117 e. The Balaban J connectivity index is 4.24. The third-order valence-corrected chi connectivity index (χ3v) is 12.9. The molecule has 0 aromatic rings. The molecule has 3 heteroatoms. The van der Waals surface area contributed by atoms with E-state index in [2.05, 4.69) is 44.8 Å². The van der Waals surface area contributed by atoms with Crippen LogP contribution in [0.15, 0.2) is 0 Å². The molecule has 0 aromatic heterocycles. The zero-order valence-corrected chi connectivity index (χ0v) is 11.1. The SMILES string of the molecule is CC[Si](C)(CC)N(C)[SiH](C)C. The summed E-state index contributed by atoms with van der Waals surface area (Å²) in [6.07, 6.45) is 0. The minimum absolute atomic E-state index is 0.530. The Hall–Kier alpha value is 0.394. The molecular formula is C8H23NSi2. The highest BCUT2D eigenvalue weighted by Crippen LogP contribution is 2.19. The second kappa shape index (κ2) is 4.43. The minimum atomic E-state index is -0.969. The maximum Gasteiger partial charge on any atom is 0.117 e. The molecule has 11 heavy (non-hydrogen) atoms. The van der Waals surface area contributed by atoms with Crippen LogP contribution in [0.25, 0.3) is 0 Å². The van der Waals surface area contributed by atoms with Crippen molar-refractivity contribution in [2.24, 2.45) is 0 Å². The van der Waals surface area contributed by atoms with Gasteiger partial charge >= 0.3 is 0 Å². The van der Waals surface area contributed by atoms with Crippen LogP contribution in [0.3, 0.4) is 0 Å². The van der Waals surface area contributed by atoms with Crippen molar-refractivity contribution in [2.75, 3.05) is 7.05 Å². The van der Waals surface area contributed by atoms with Crippen LogP contribution >= 0.6 is 0 Å². The van der Waals surface area contributed by atoms with E-state index in [-0.39, 0.29) is 0 Å². The van der Waals surface area contributed by atoms with E-state index < -0.39 is 17.2 Å². The molecule has 0 saturated carbocycles. The van der Waals surface area contributed by atoms with E-state index in [0.717, 1.165) is 0 Å². The molecule has 68 valence electrons. The van der Waals surface area contributed by atoms with Crippen LogP contribution in [0.4, 0.5) is 0 Å². The number of nitrogens with zero attached hydrogens (tertiary/aromatic N) is 1. The first-order valence-electron chi connectivity index (χ1n) is 4.71. The number of hydrogen-bond donors (Lipinski definition) is 0. The van der Waals surface area contributed by atoms with Crippen molar-refractivity contribution in [3.05, 3.63) is 0 Å². The lowest BCUT2D eigenvalue weighted by Gasteiger charge is -2.38. The molecule has 0 aromatic carbocycles. The Kier molecular flexibility index (Phi) is 4.59. The van der Waals surface area contributed by atoms with Crippen molar-refractivity contribution in [3.8, 4) is 0 Å². The van der Waals surface area contributed by atoms with Gasteiger partial charge in [0.2, 0.25) is 0 Å². The summed E-state index contributed by atoms with van der Waals surface area (Å²) in [5.41, 5.74) is 0. The summed E-state index contributed by atoms with van der Waals surface area (Å²) < 4.78 is 2.74. The highest BCUT2D eigenvalue weighted by Gasteiger charge is 2.29. The fourth-order valence-corrected chi connectivity index (χ4v) is 8.95. The molecule has 0 radical (unpaired) electrons. The molecule has 0 atom stereocenters. The lowest BCUT2D eigenvalue weighted by atomic mass is 10.9. The van der Waals surface area contributed by atoms with Gasteiger partial charge in [-0.05, 0) is 19.1 Å². The van der Waals surface area contributed by atoms with Gasteiger partial charge in [0.15, 0.2) is 0 Å². The molecule has 0 bridgehead atoms. The largest absolute Gasteiger partial charge is 0.351 e. The molecule has 0 amide bonds. The topological polar surface area (TPSA) is 3.24 Å². The average molecular weight is 189 g/mol. The van der Waals surface area contributed by atoms with Crippen LogP contribution in [0, 0.1) is 0 Å². The third-order valence-electron chi connectivity index (χ3n) is 3.15. The quantitative estimate of drug-likeness (QED) is 0.614. The van der Waals surface area contributed by atoms with Crippen LogP contribution in [-0.2, 0) is 0 Å². The zero-order chi connectivity index (χ0) is 9.07. The third kappa shape index (κ3) is 2.72. The predicted octanol–water partition coefficient (Wildman–Crippen LogP) is 2.52. The molecule has 0 heterocycles. The van der Waals surface area contributed by atoms with Gasteiger partial charge in [-0.2, -0.15) is 0 Å². The van der Waals surface area contributed by atoms with Gasteiger partial charge in [-0.15, -0.1) is 0 Å². The standard InChI is InChI=1S/C8H23NSi2/c1-7-11(6,8-2)9(3)10(4)5/h10H,7-8H2,1-6H3. The van der Waals surface area contributed by atoms with Crippen molar-refractivity contribution in [2.45, 2.75) is 45.6 Å². The maximum absolute atomic E-state index is 2.74. The molecule has 1 nitrogen and oxygen atoms in total. The number of hydrogen-bond acceptors (Lipinski definition) is 1. The van der Waals surface area contributed by atoms with Crippen molar-refractivity contribution in [1.82, 2.24) is 4.23 Å². The van der Waals surface area contributed by atoms with Crippen molar-refractivity contribution >= 4 is 17.2 Å². The summed E-state index contributed by atoms with van der Waals surface area (Å²) in [7, 11) is 0.845. The Morgan fingerprint density at radius 3 is 1.64 bits per heavy atom. The van der Waals surface area contributed by atoms with Gasteiger partial charge in [0.1, 0.15) is 8.24 Å². The lowest BCUT2D eigenvalue weighted by Crippen LogP contribution is -2.52. The van der Waals surface area contributed by atoms with Gasteiger partial charge in [-0.1, -0.05) is 33.5 Å². The van der Waals surface area contributed by atoms with Gasteiger partial charge in [-0.25, -0.2) is 0 Å². The van der Waals surface area contributed by atoms with Gasteiger partial charge in [0, 0.05) is 0 Å². The van der Waals surface area contributed by atoms with E-state index in [9.17, 15) is 0 Å². The first-order chi connectivity index (χ1) is 4.98. The Morgan fingerprint density at radius 1 is 1.18 bits per heavy atom. The van der Waals surface area contributed by atoms with Crippen molar-refractivity contribution < 1.29 is 0 Å². The summed E-state index contributed by atoms with van der Waals surface area (Å²) in [4.78, 5) is 0. The maximum atomic E-state index is 2.74. The molecule has 0 N–H and O–H groups in total. The van der Waals surface area contributed by atoms with Crippen molar-refractivity contribution in [3.63, 3.8) is 0 Å². The van der Waals surface area contributed by atoms with Crippen LogP contribution in [-0.4, -0.2) is 28.5 Å². The van der Waals surface area contributed by atoms with Gasteiger partial charge in [-0.3, -0.25) is 0 Å². The second-order valence-electron chi connectivity index (χ2n) is 3.91. The van der Waals surface area contributed by atoms with E-state index in [1.165, 1.54) is 12.1 Å². The fraction of sp³-hybridized carbons (Fsp3) is 1.00. The van der Waals surface area contributed by atoms with E-state index in [1.54, 1.807) is 0 Å². The van der Waals surface area contributed by atoms with E-state index in [4.69, 9.17) is 0 Å². The summed E-state index contributed by atoms with van der Waals surface area (Å²) in [6.45, 7) is 12.1. The molecule has 0 aliphatic heterocycles. The fourth-order valence-electron chi connectivity index (χ4n) is 1.37. The van der Waals surface area contributed by atoms with E-state index in [0.29, 0.717) is 0 Å². The molecule has 0 fully saturated rings. The summed E-state index contributed by atoms with van der Waals surface area (Å²) >= 11 is 0. The molecule has 0 rings (SSSR count). The van der Waals surface area contributed by atoms with Crippen LogP contribution in [0.1, 0.15) is 13.8 Å². The number of rotatable bonds is 4. The first-order valence-corrected chi connectivity index (χ1v) is 10.4. The molecule has 0 spiro atoms. The molecule has 0 saturated heterocycles. The van der Waals surface area contributed by atoms with Crippen molar-refractivity contribution in [1.29, 1.82) is 0 Å². The van der Waals surface area contributed by atoms with E-state index in [1.807, 2.05) is 0 Å². The van der Waals surface area contributed by atoms with Crippen LogP contribution in [0.2, 0.25) is 31.7 Å². The molecule has 0 aliphatic carbocycles. The Morgan fingerprint density at radius 2 is 1.55 bits per heavy atom. The second-order valence-corrected chi connectivity index (χ2v) is 12.5. The normalized spacial score (nSPS) is 13.1. The highest BCUT2D eigenvalue weighted by atomic mass is 28.4. The lowest BCUT2D eigenvalue weighted by molar-refractivity contribution is 0.756. The van der Waals surface area contributed by atoms with Gasteiger partial charge < -0.3 is 4.23 Å². The Labute approximate surface area is 74.6 Å². The van der Waals surface area contributed by atoms with Crippen LogP contribution < -0.4 is 0 Å². The summed E-state index contributed by atoms with van der Waals surface area (Å²) in [5, 5.41) is 0. The van der Waals surface area contributed by atoms with E-state index >= 15 is 0 Å². The summed E-state index contributed by atoms with van der Waals surface area (Å²) in [6, 6.07) is 2.82.